The number of allylic oxidation sites excluding steroid dienone is 1. The summed E-state index contributed by atoms with van der Waals surface area (Å²) in [7, 11) is 0. The van der Waals surface area contributed by atoms with Crippen molar-refractivity contribution >= 4 is 34.4 Å². The Labute approximate surface area is 208 Å². The number of nitrogens with zero attached hydrogens (tertiary/aromatic N) is 5. The van der Waals surface area contributed by atoms with Crippen molar-refractivity contribution < 1.29 is 0 Å². The summed E-state index contributed by atoms with van der Waals surface area (Å²) in [4.78, 5) is 34.8. The second-order valence-electron chi connectivity index (χ2n) is 8.41. The van der Waals surface area contributed by atoms with E-state index in [2.05, 4.69) is 40.2 Å². The van der Waals surface area contributed by atoms with Gasteiger partial charge < -0.3 is 9.55 Å². The van der Waals surface area contributed by atoms with Crippen LogP contribution in [0.25, 0.3) is 44.5 Å². The van der Waals surface area contributed by atoms with Crippen LogP contribution in [0, 0.1) is 0 Å². The highest BCUT2D eigenvalue weighted by atomic mass is 32.1. The Bertz CT molecular complexity index is 1580. The van der Waals surface area contributed by atoms with Gasteiger partial charge in [-0.3, -0.25) is 14.8 Å². The molecule has 6 rings (SSSR count). The van der Waals surface area contributed by atoms with Gasteiger partial charge in [0.1, 0.15) is 5.52 Å². The first-order valence-electron chi connectivity index (χ1n) is 11.6. The smallest absolute Gasteiger partial charge is 0.274 e. The van der Waals surface area contributed by atoms with Gasteiger partial charge in [0.15, 0.2) is 5.82 Å². The highest BCUT2D eigenvalue weighted by Gasteiger charge is 2.27. The zero-order chi connectivity index (χ0) is 24.4. The van der Waals surface area contributed by atoms with E-state index in [1.54, 1.807) is 29.4 Å². The van der Waals surface area contributed by atoms with E-state index in [1.807, 2.05) is 36.7 Å². The maximum absolute atomic E-state index is 12.9. The fourth-order valence-corrected chi connectivity index (χ4v) is 4.30. The van der Waals surface area contributed by atoms with Crippen LogP contribution in [0.2, 0.25) is 0 Å². The number of hydrogen-bond donors (Lipinski definition) is 2. The van der Waals surface area contributed by atoms with Gasteiger partial charge in [0.25, 0.3) is 5.56 Å². The lowest BCUT2D eigenvalue weighted by atomic mass is 10.1. The average molecular weight is 483 g/mol. The van der Waals surface area contributed by atoms with E-state index in [0.717, 1.165) is 51.6 Å². The molecule has 0 saturated heterocycles. The number of nitrogens with one attached hydrogen (secondary N) is 1. The molecule has 0 aromatic carbocycles. The second kappa shape index (κ2) is 9.84. The van der Waals surface area contributed by atoms with E-state index in [1.165, 1.54) is 0 Å². The Hall–Kier alpha value is -3.78. The Morgan fingerprint density at radius 3 is 2.80 bits per heavy atom. The van der Waals surface area contributed by atoms with E-state index in [-0.39, 0.29) is 5.56 Å². The molecular formula is C27H26N6OS. The Kier molecular flexibility index (Phi) is 6.46. The highest BCUT2D eigenvalue weighted by Crippen LogP contribution is 2.41. The molecule has 0 aliphatic heterocycles. The summed E-state index contributed by atoms with van der Waals surface area (Å²) in [6.45, 7) is 4.36. The van der Waals surface area contributed by atoms with Gasteiger partial charge >= 0.3 is 0 Å². The summed E-state index contributed by atoms with van der Waals surface area (Å²) in [5.74, 6) is 1.10. The monoisotopic (exact) mass is 482 g/mol. The number of aromatic amines is 1. The molecule has 7 nitrogen and oxygen atoms in total. The van der Waals surface area contributed by atoms with Crippen molar-refractivity contribution in [2.24, 2.45) is 0 Å². The average Bonchev–Trinajstić information content (AvgIpc) is 3.65. The molecule has 0 spiro atoms. The van der Waals surface area contributed by atoms with Crippen molar-refractivity contribution in [2.75, 3.05) is 6.26 Å². The normalized spacial score (nSPS) is 13.0. The summed E-state index contributed by atoms with van der Waals surface area (Å²) in [6.07, 6.45) is 15.5. The minimum absolute atomic E-state index is 0.0384. The standard InChI is InChI=1S/C26H22N6O.CH4S/c1-2-3-12-32-15-20(17-6-11-29-24(17)26(32)33)23-13-22(16-4-5-16)30-25(31-23)18-7-10-28-21-8-9-27-14-19(18)21;1-2/h2,6-11,13-16,29H,1,3-5,12H2;2H,1H3. The third-order valence-corrected chi connectivity index (χ3v) is 6.17. The molecule has 0 radical (unpaired) electrons. The lowest BCUT2D eigenvalue weighted by Gasteiger charge is -2.13. The van der Waals surface area contributed by atoms with Crippen LogP contribution < -0.4 is 5.56 Å². The molecule has 176 valence electrons. The molecular weight excluding hydrogens is 456 g/mol. The quantitative estimate of drug-likeness (QED) is 0.250. The zero-order valence-corrected chi connectivity index (χ0v) is 20.4. The highest BCUT2D eigenvalue weighted by molar-refractivity contribution is 7.79. The number of fused-ring (bicyclic) bond motifs is 2. The van der Waals surface area contributed by atoms with Gasteiger partial charge in [0, 0.05) is 71.0 Å². The zero-order valence-electron chi connectivity index (χ0n) is 19.5. The lowest BCUT2D eigenvalue weighted by Crippen LogP contribution is -2.20. The van der Waals surface area contributed by atoms with Gasteiger partial charge in [-0.1, -0.05) is 6.08 Å². The SMILES string of the molecule is C=CCCn1cc(-c2cc(C3CC3)nc(-c3ccnc4ccncc34)n2)c2cc[nH]c2c1=O.CS. The Morgan fingerprint density at radius 1 is 1.14 bits per heavy atom. The van der Waals surface area contributed by atoms with Crippen molar-refractivity contribution in [3.63, 3.8) is 0 Å². The Morgan fingerprint density at radius 2 is 2.00 bits per heavy atom. The van der Waals surface area contributed by atoms with Crippen molar-refractivity contribution in [3.8, 4) is 22.6 Å². The van der Waals surface area contributed by atoms with Gasteiger partial charge in [-0.15, -0.1) is 6.58 Å². The molecule has 1 saturated carbocycles. The molecule has 8 heteroatoms. The number of thiol groups is 1. The maximum atomic E-state index is 12.9. The lowest BCUT2D eigenvalue weighted by molar-refractivity contribution is 0.687. The topological polar surface area (TPSA) is 89.3 Å². The summed E-state index contributed by atoms with van der Waals surface area (Å²) in [6, 6.07) is 7.85. The molecule has 5 aromatic rings. The molecule has 1 N–H and O–H groups in total. The van der Waals surface area contributed by atoms with E-state index in [9.17, 15) is 4.79 Å². The van der Waals surface area contributed by atoms with Gasteiger partial charge in [-0.2, -0.15) is 12.6 Å². The van der Waals surface area contributed by atoms with Crippen LogP contribution in [0.15, 0.2) is 72.7 Å². The van der Waals surface area contributed by atoms with E-state index >= 15 is 0 Å². The second-order valence-corrected chi connectivity index (χ2v) is 8.41. The number of aromatic nitrogens is 6. The van der Waals surface area contributed by atoms with Crippen molar-refractivity contribution in [3.05, 3.63) is 84.0 Å². The van der Waals surface area contributed by atoms with E-state index in [4.69, 9.17) is 9.97 Å². The molecule has 5 heterocycles. The first kappa shape index (κ1) is 23.0. The van der Waals surface area contributed by atoms with Gasteiger partial charge in [0.05, 0.1) is 11.2 Å². The van der Waals surface area contributed by atoms with Gasteiger partial charge in [-0.05, 0) is 49.8 Å². The van der Waals surface area contributed by atoms with Crippen LogP contribution in [0.5, 0.6) is 0 Å². The predicted molar refractivity (Wildman–Crippen MR) is 144 cm³/mol. The molecule has 35 heavy (non-hydrogen) atoms. The molecule has 1 fully saturated rings. The summed E-state index contributed by atoms with van der Waals surface area (Å²) in [5.41, 5.74) is 5.07. The third-order valence-electron chi connectivity index (χ3n) is 6.17. The fourth-order valence-electron chi connectivity index (χ4n) is 4.30. The molecule has 0 atom stereocenters. The molecule has 0 amide bonds. The van der Waals surface area contributed by atoms with Crippen LogP contribution in [0.4, 0.5) is 0 Å². The van der Waals surface area contributed by atoms with Crippen LogP contribution in [-0.2, 0) is 6.54 Å². The number of hydrogen-bond acceptors (Lipinski definition) is 6. The first-order chi connectivity index (χ1) is 17.2. The minimum atomic E-state index is -0.0384. The summed E-state index contributed by atoms with van der Waals surface area (Å²) in [5, 5.41) is 1.78. The van der Waals surface area contributed by atoms with Crippen LogP contribution in [0.3, 0.4) is 0 Å². The van der Waals surface area contributed by atoms with E-state index < -0.39 is 0 Å². The van der Waals surface area contributed by atoms with Crippen LogP contribution >= 0.6 is 12.6 Å². The Balaban J connectivity index is 0.00000124. The number of rotatable bonds is 6. The van der Waals surface area contributed by atoms with E-state index in [0.29, 0.717) is 30.2 Å². The minimum Gasteiger partial charge on any atom is -0.357 e. The maximum Gasteiger partial charge on any atom is 0.274 e. The molecule has 0 bridgehead atoms. The fraction of sp³-hybridized carbons (Fsp3) is 0.222. The molecule has 0 unspecified atom stereocenters. The molecule has 1 aliphatic rings. The van der Waals surface area contributed by atoms with Crippen molar-refractivity contribution in [1.82, 2.24) is 29.5 Å². The van der Waals surface area contributed by atoms with Gasteiger partial charge in [0.2, 0.25) is 0 Å². The first-order valence-corrected chi connectivity index (χ1v) is 12.5. The number of H-pyrrole nitrogens is 1. The number of aryl methyl sites for hydroxylation is 1. The summed E-state index contributed by atoms with van der Waals surface area (Å²) >= 11 is 3.53. The number of pyridine rings is 3. The van der Waals surface area contributed by atoms with Crippen molar-refractivity contribution in [1.29, 1.82) is 0 Å². The molecule has 5 aromatic heterocycles. The predicted octanol–water partition coefficient (Wildman–Crippen LogP) is 5.40. The third kappa shape index (κ3) is 4.37. The van der Waals surface area contributed by atoms with Gasteiger partial charge in [-0.25, -0.2) is 9.97 Å². The largest absolute Gasteiger partial charge is 0.357 e. The summed E-state index contributed by atoms with van der Waals surface area (Å²) < 4.78 is 1.74. The van der Waals surface area contributed by atoms with Crippen molar-refractivity contribution in [2.45, 2.75) is 31.7 Å². The van der Waals surface area contributed by atoms with Crippen LogP contribution in [0.1, 0.15) is 30.9 Å². The van der Waals surface area contributed by atoms with Crippen LogP contribution in [-0.4, -0.2) is 35.7 Å². The molecule has 1 aliphatic carbocycles.